The minimum atomic E-state index is -1.46. The van der Waals surface area contributed by atoms with Crippen molar-refractivity contribution in [1.82, 2.24) is 31.9 Å². The molecule has 0 aliphatic rings. The summed E-state index contributed by atoms with van der Waals surface area (Å²) in [4.78, 5) is 106. The van der Waals surface area contributed by atoms with Crippen molar-refractivity contribution in [2.24, 2.45) is 0 Å². The zero-order valence-electron chi connectivity index (χ0n) is 34.9. The Bertz CT molecular complexity index is 1320. The zero-order chi connectivity index (χ0) is 45.0. The van der Waals surface area contributed by atoms with E-state index < -0.39 is 72.1 Å². The second-order valence-electron chi connectivity index (χ2n) is 14.2. The quantitative estimate of drug-likeness (QED) is 0.0379. The van der Waals surface area contributed by atoms with Gasteiger partial charge in [0, 0.05) is 84.6 Å². The molecular formula is C39H68N6O15. The van der Waals surface area contributed by atoms with Crippen LogP contribution in [0.4, 0.5) is 0 Å². The molecule has 0 bridgehead atoms. The average molecular weight is 861 g/mol. The highest BCUT2D eigenvalue weighted by atomic mass is 16.5. The number of carboxylic acid groups (broad SMARTS) is 4. The number of aliphatic carboxylic acids is 4. The fourth-order valence-electron chi connectivity index (χ4n) is 5.52. The van der Waals surface area contributed by atoms with Gasteiger partial charge in [-0.05, 0) is 77.7 Å². The molecule has 0 rings (SSSR count). The van der Waals surface area contributed by atoms with E-state index in [0.717, 1.165) is 32.1 Å². The molecule has 21 nitrogen and oxygen atoms in total. The smallest absolute Gasteiger partial charge is 0.326 e. The lowest BCUT2D eigenvalue weighted by molar-refractivity contribution is -0.143. The van der Waals surface area contributed by atoms with Gasteiger partial charge in [0.25, 0.3) is 0 Å². The largest absolute Gasteiger partial charge is 0.481 e. The maximum absolute atomic E-state index is 12.4. The number of carbonyl (C=O) groups excluding carboxylic acids is 5. The molecule has 0 saturated heterocycles. The molecule has 0 fully saturated rings. The summed E-state index contributed by atoms with van der Waals surface area (Å²) in [6, 6.07) is -3.57. The molecule has 3 atom stereocenters. The Kier molecular flexibility index (Phi) is 33.1. The van der Waals surface area contributed by atoms with Gasteiger partial charge >= 0.3 is 23.9 Å². The second kappa shape index (κ2) is 36.0. The third-order valence-corrected chi connectivity index (χ3v) is 9.00. The van der Waals surface area contributed by atoms with E-state index >= 15 is 0 Å². The van der Waals surface area contributed by atoms with Crippen LogP contribution in [-0.2, 0) is 52.6 Å². The maximum atomic E-state index is 12.4. The van der Waals surface area contributed by atoms with E-state index in [-0.39, 0.29) is 51.0 Å². The van der Waals surface area contributed by atoms with Crippen molar-refractivity contribution in [1.29, 1.82) is 0 Å². The van der Waals surface area contributed by atoms with E-state index in [1.54, 1.807) is 0 Å². The number of hydrogen-bond donors (Lipinski definition) is 10. The molecule has 5 amide bonds. The Morgan fingerprint density at radius 1 is 0.400 bits per heavy atom. The molecular weight excluding hydrogens is 792 g/mol. The lowest BCUT2D eigenvalue weighted by Gasteiger charge is -2.17. The van der Waals surface area contributed by atoms with Gasteiger partial charge in [-0.15, -0.1) is 0 Å². The first-order valence-corrected chi connectivity index (χ1v) is 20.8. The first-order valence-electron chi connectivity index (χ1n) is 20.8. The molecule has 10 N–H and O–H groups in total. The van der Waals surface area contributed by atoms with Crippen molar-refractivity contribution in [3.8, 4) is 0 Å². The lowest BCUT2D eigenvalue weighted by atomic mass is 10.1. The zero-order valence-corrected chi connectivity index (χ0v) is 34.9. The first kappa shape index (κ1) is 55.1. The van der Waals surface area contributed by atoms with Gasteiger partial charge in [-0.1, -0.05) is 12.8 Å². The van der Waals surface area contributed by atoms with Crippen LogP contribution in [0.3, 0.4) is 0 Å². The summed E-state index contributed by atoms with van der Waals surface area (Å²) in [5.41, 5.74) is 0. The molecule has 0 saturated carbocycles. The van der Waals surface area contributed by atoms with Crippen LogP contribution in [0.15, 0.2) is 0 Å². The number of rotatable bonds is 40. The third kappa shape index (κ3) is 33.0. The van der Waals surface area contributed by atoms with Crippen LogP contribution in [0.5, 0.6) is 0 Å². The Hall–Kier alpha value is -4.89. The number of hydrogen-bond acceptors (Lipinski definition) is 12. The molecule has 0 aliphatic carbocycles. The molecule has 60 heavy (non-hydrogen) atoms. The molecule has 0 aliphatic heterocycles. The summed E-state index contributed by atoms with van der Waals surface area (Å²) >= 11 is 0. The van der Waals surface area contributed by atoms with Crippen LogP contribution in [0.2, 0.25) is 0 Å². The van der Waals surface area contributed by atoms with Crippen LogP contribution >= 0.6 is 0 Å². The predicted octanol–water partition coefficient (Wildman–Crippen LogP) is 0.676. The van der Waals surface area contributed by atoms with Gasteiger partial charge in [-0.3, -0.25) is 33.6 Å². The number of unbranched alkanes of at least 4 members (excludes halogenated alkanes) is 5. The topological polar surface area (TPSA) is 325 Å². The molecule has 0 heterocycles. The fraction of sp³-hybridized carbons (Fsp3) is 0.769. The summed E-state index contributed by atoms with van der Waals surface area (Å²) < 4.78 is 11.1. The maximum Gasteiger partial charge on any atom is 0.326 e. The summed E-state index contributed by atoms with van der Waals surface area (Å²) in [5, 5.41) is 51.9. The molecule has 21 heteroatoms. The van der Waals surface area contributed by atoms with Gasteiger partial charge in [0.1, 0.15) is 18.1 Å². The highest BCUT2D eigenvalue weighted by Gasteiger charge is 2.25. The fourth-order valence-corrected chi connectivity index (χ4v) is 5.52. The van der Waals surface area contributed by atoms with Crippen LogP contribution in [0, 0.1) is 0 Å². The van der Waals surface area contributed by atoms with E-state index in [4.69, 9.17) is 19.7 Å². The third-order valence-electron chi connectivity index (χ3n) is 9.00. The number of carbonyl (C=O) groups is 9. The summed E-state index contributed by atoms with van der Waals surface area (Å²) in [6.45, 7) is 3.14. The standard InChI is InChI=1S/C39H68N6O15/c1-40-28(37(53)54)12-6-7-21-41-32(47)17-15-29(38(55)56)44-34(49)18-16-30(39(57)58)45-35(50)20-19-33(48)43-23-11-27-60-25-9-8-24-59-26-10-22-42-31(46)13-4-2-3-5-14-36(51)52/h28-30,40H,2-27H2,1H3,(H,41,47)(H,42,46)(H,43,48)(H,44,49)(H,45,50)(H,51,52)(H,53,54)(H,55,56)(H,57,58)/t28-,29-,30-/m0/s1. The predicted molar refractivity (Wildman–Crippen MR) is 216 cm³/mol. The Balaban J connectivity index is 4.02. The molecule has 0 spiro atoms. The van der Waals surface area contributed by atoms with Crippen molar-refractivity contribution in [3.63, 3.8) is 0 Å². The highest BCUT2D eigenvalue weighted by molar-refractivity contribution is 5.88. The van der Waals surface area contributed by atoms with E-state index in [2.05, 4.69) is 31.9 Å². The Morgan fingerprint density at radius 2 is 0.800 bits per heavy atom. The van der Waals surface area contributed by atoms with Crippen LogP contribution in [0.25, 0.3) is 0 Å². The minimum absolute atomic E-state index is 0.0153. The number of nitrogens with one attached hydrogen (secondary N) is 6. The SMILES string of the molecule is CN[C@@H](CCCCNC(=O)CC[C@H](NC(=O)CC[C@H](NC(=O)CCC(=O)NCCCOCCCCOCCCNC(=O)CCCCCCC(=O)O)C(=O)O)C(=O)O)C(=O)O. The number of likely N-dealkylation sites (N-methyl/N-ethyl adjacent to an activating group) is 1. The van der Waals surface area contributed by atoms with Gasteiger partial charge < -0.3 is 61.8 Å². The van der Waals surface area contributed by atoms with Crippen LogP contribution in [-0.4, -0.2) is 145 Å². The monoisotopic (exact) mass is 860 g/mol. The summed E-state index contributed by atoms with van der Waals surface area (Å²) in [7, 11) is 1.54. The minimum Gasteiger partial charge on any atom is -0.481 e. The van der Waals surface area contributed by atoms with E-state index in [1.807, 2.05) is 0 Å². The van der Waals surface area contributed by atoms with Gasteiger partial charge in [0.2, 0.25) is 29.5 Å². The van der Waals surface area contributed by atoms with E-state index in [0.29, 0.717) is 84.5 Å². The van der Waals surface area contributed by atoms with Crippen molar-refractivity contribution in [2.45, 2.75) is 140 Å². The molecule has 0 aromatic heterocycles. The molecule has 0 radical (unpaired) electrons. The van der Waals surface area contributed by atoms with Gasteiger partial charge in [0.15, 0.2) is 0 Å². The van der Waals surface area contributed by atoms with Crippen LogP contribution in [0.1, 0.15) is 122 Å². The van der Waals surface area contributed by atoms with Crippen LogP contribution < -0.4 is 31.9 Å². The second-order valence-corrected chi connectivity index (χ2v) is 14.2. The first-order chi connectivity index (χ1) is 28.7. The van der Waals surface area contributed by atoms with Crippen molar-refractivity contribution in [3.05, 3.63) is 0 Å². The summed E-state index contributed by atoms with van der Waals surface area (Å²) in [6.07, 6.45) is 6.13. The molecule has 0 aromatic carbocycles. The molecule has 344 valence electrons. The molecule has 0 aromatic rings. The van der Waals surface area contributed by atoms with E-state index in [1.165, 1.54) is 7.05 Å². The van der Waals surface area contributed by atoms with Gasteiger partial charge in [-0.2, -0.15) is 0 Å². The highest BCUT2D eigenvalue weighted by Crippen LogP contribution is 2.07. The van der Waals surface area contributed by atoms with Gasteiger partial charge in [-0.25, -0.2) is 9.59 Å². The Morgan fingerprint density at radius 3 is 1.28 bits per heavy atom. The Labute approximate surface area is 351 Å². The number of ether oxygens (including phenoxy) is 2. The average Bonchev–Trinajstić information content (AvgIpc) is 3.19. The number of amides is 5. The van der Waals surface area contributed by atoms with Crippen molar-refractivity contribution in [2.75, 3.05) is 53.1 Å². The normalized spacial score (nSPS) is 12.3. The van der Waals surface area contributed by atoms with E-state index in [9.17, 15) is 53.4 Å². The number of carboxylic acids is 4. The summed E-state index contributed by atoms with van der Waals surface area (Å²) in [5.74, 6) is -6.97. The van der Waals surface area contributed by atoms with Gasteiger partial charge in [0.05, 0.1) is 0 Å². The molecule has 0 unspecified atom stereocenters. The van der Waals surface area contributed by atoms with Crippen molar-refractivity contribution < 1.29 is 73.1 Å². The lowest BCUT2D eigenvalue weighted by Crippen LogP contribution is -2.44. The van der Waals surface area contributed by atoms with Crippen molar-refractivity contribution >= 4 is 53.4 Å².